The van der Waals surface area contributed by atoms with Crippen LogP contribution in [0, 0.1) is 5.92 Å². The van der Waals surface area contributed by atoms with Crippen molar-refractivity contribution in [3.63, 3.8) is 0 Å². The molecule has 8 heteroatoms. The van der Waals surface area contributed by atoms with Crippen LogP contribution in [0.2, 0.25) is 0 Å². The van der Waals surface area contributed by atoms with E-state index < -0.39 is 5.54 Å². The van der Waals surface area contributed by atoms with E-state index >= 15 is 0 Å². The van der Waals surface area contributed by atoms with Crippen molar-refractivity contribution in [1.29, 1.82) is 0 Å². The van der Waals surface area contributed by atoms with E-state index in [1.54, 1.807) is 30.5 Å². The van der Waals surface area contributed by atoms with Gasteiger partial charge < -0.3 is 24.3 Å². The van der Waals surface area contributed by atoms with Crippen molar-refractivity contribution >= 4 is 33.4 Å². The monoisotopic (exact) mass is 495 g/mol. The van der Waals surface area contributed by atoms with Gasteiger partial charge in [-0.25, -0.2) is 0 Å². The number of aromatic nitrogens is 1. The smallest absolute Gasteiger partial charge is 0.271 e. The molecule has 2 aliphatic rings. The molecule has 0 saturated heterocycles. The van der Waals surface area contributed by atoms with Crippen LogP contribution in [0.4, 0.5) is 0 Å². The number of thiophene rings is 1. The number of fused-ring (bicyclic) bond motifs is 3. The minimum Gasteiger partial charge on any atom is -0.493 e. The lowest BCUT2D eigenvalue weighted by Crippen LogP contribution is -2.65. The first-order chi connectivity index (χ1) is 16.9. The van der Waals surface area contributed by atoms with Crippen molar-refractivity contribution in [2.75, 3.05) is 14.2 Å². The minimum atomic E-state index is -1.07. The predicted molar refractivity (Wildman–Crippen MR) is 137 cm³/mol. The van der Waals surface area contributed by atoms with Gasteiger partial charge in [0.2, 0.25) is 5.91 Å². The molecule has 2 amide bonds. The van der Waals surface area contributed by atoms with Gasteiger partial charge in [0.25, 0.3) is 5.91 Å². The van der Waals surface area contributed by atoms with Gasteiger partial charge in [0.15, 0.2) is 11.5 Å². The summed E-state index contributed by atoms with van der Waals surface area (Å²) >= 11 is 1.61. The van der Waals surface area contributed by atoms with Gasteiger partial charge in [-0.05, 0) is 49.3 Å². The second-order valence-electron chi connectivity index (χ2n) is 9.95. The lowest BCUT2D eigenvalue weighted by molar-refractivity contribution is -0.134. The van der Waals surface area contributed by atoms with E-state index in [4.69, 9.17) is 9.47 Å². The van der Waals surface area contributed by atoms with Crippen LogP contribution in [0.15, 0.2) is 35.7 Å². The molecule has 1 N–H and O–H groups in total. The van der Waals surface area contributed by atoms with Gasteiger partial charge in [-0.2, -0.15) is 0 Å². The highest BCUT2D eigenvalue weighted by molar-refractivity contribution is 7.17. The average molecular weight is 496 g/mol. The van der Waals surface area contributed by atoms with Crippen molar-refractivity contribution in [2.45, 2.75) is 64.2 Å². The molecule has 5 rings (SSSR count). The van der Waals surface area contributed by atoms with Crippen molar-refractivity contribution < 1.29 is 19.1 Å². The number of nitrogens with one attached hydrogen (secondary N) is 1. The number of ether oxygens (including phenoxy) is 2. The fraction of sp³-hybridized carbons (Fsp3) is 0.481. The first-order valence-electron chi connectivity index (χ1n) is 12.3. The number of hydrogen-bond donors (Lipinski definition) is 1. The third-order valence-electron chi connectivity index (χ3n) is 7.78. The summed E-state index contributed by atoms with van der Waals surface area (Å²) in [5.41, 5.74) is 1.35. The third-order valence-corrected chi connectivity index (χ3v) is 8.63. The van der Waals surface area contributed by atoms with Gasteiger partial charge in [0, 0.05) is 11.6 Å². The summed E-state index contributed by atoms with van der Waals surface area (Å²) in [6.07, 6.45) is 4.41. The highest BCUT2D eigenvalue weighted by atomic mass is 32.1. The molecule has 1 aliphatic carbocycles. The maximum Gasteiger partial charge on any atom is 0.271 e. The Hall–Kier alpha value is -3.00. The molecule has 35 heavy (non-hydrogen) atoms. The van der Waals surface area contributed by atoms with Crippen LogP contribution in [0.1, 0.15) is 55.6 Å². The Balaban J connectivity index is 1.56. The average Bonchev–Trinajstić information content (AvgIpc) is 3.45. The van der Waals surface area contributed by atoms with Crippen molar-refractivity contribution in [3.05, 3.63) is 47.0 Å². The third kappa shape index (κ3) is 3.97. The molecule has 0 unspecified atom stereocenters. The van der Waals surface area contributed by atoms with Gasteiger partial charge in [-0.15, -0.1) is 11.3 Å². The number of carbonyl (C=O) groups excluding carboxylic acids is 2. The SMILES string of the molecule is COc1cccc(CN2C(=O)c3cc4sccc4n3C[C@]2(C)C(=O)N[C@@H]2CCCC[C@H]2C)c1OC. The van der Waals surface area contributed by atoms with E-state index in [9.17, 15) is 9.59 Å². The Morgan fingerprint density at radius 1 is 1.20 bits per heavy atom. The Morgan fingerprint density at radius 2 is 2.00 bits per heavy atom. The van der Waals surface area contributed by atoms with Crippen LogP contribution in [-0.4, -0.2) is 47.1 Å². The maximum atomic E-state index is 14.0. The molecule has 1 saturated carbocycles. The molecule has 3 heterocycles. The molecule has 3 atom stereocenters. The lowest BCUT2D eigenvalue weighted by atomic mass is 9.85. The van der Waals surface area contributed by atoms with Crippen LogP contribution in [-0.2, 0) is 17.9 Å². The van der Waals surface area contributed by atoms with Crippen molar-refractivity contribution in [2.24, 2.45) is 5.92 Å². The standard InChI is InChI=1S/C27H33N3O4S/c1-17-8-5-6-10-19(17)28-26(32)27(2)16-29-20-12-13-35-23(20)14-21(29)25(31)30(27)15-18-9-7-11-22(33-3)24(18)34-4/h7,9,11-14,17,19H,5-6,8,10,15-16H2,1-4H3,(H,28,32)/t17-,19-,27-/m1/s1. The molecular formula is C27H33N3O4S. The van der Waals surface area contributed by atoms with Crippen LogP contribution in [0.25, 0.3) is 10.2 Å². The molecule has 0 radical (unpaired) electrons. The number of amides is 2. The number of rotatable bonds is 6. The van der Waals surface area contributed by atoms with Gasteiger partial charge in [-0.1, -0.05) is 31.9 Å². The van der Waals surface area contributed by atoms with E-state index in [-0.39, 0.29) is 24.4 Å². The number of nitrogens with zero attached hydrogens (tertiary/aromatic N) is 2. The molecule has 186 valence electrons. The molecule has 2 aromatic heterocycles. The summed E-state index contributed by atoms with van der Waals surface area (Å²) in [6.45, 7) is 4.73. The minimum absolute atomic E-state index is 0.103. The van der Waals surface area contributed by atoms with Crippen LogP contribution >= 0.6 is 11.3 Å². The lowest BCUT2D eigenvalue weighted by Gasteiger charge is -2.45. The zero-order chi connectivity index (χ0) is 24.7. The summed E-state index contributed by atoms with van der Waals surface area (Å²) < 4.78 is 14.2. The molecule has 0 spiro atoms. The normalized spacial score (nSPS) is 24.3. The van der Waals surface area contributed by atoms with Crippen molar-refractivity contribution in [3.8, 4) is 11.5 Å². The summed E-state index contributed by atoms with van der Waals surface area (Å²) in [4.78, 5) is 29.7. The highest BCUT2D eigenvalue weighted by Gasteiger charge is 2.48. The van der Waals surface area contributed by atoms with Crippen LogP contribution in [0.3, 0.4) is 0 Å². The molecule has 1 fully saturated rings. The predicted octanol–water partition coefficient (Wildman–Crippen LogP) is 4.83. The van der Waals surface area contributed by atoms with E-state index in [1.807, 2.05) is 47.2 Å². The van der Waals surface area contributed by atoms with E-state index in [2.05, 4.69) is 12.2 Å². The van der Waals surface area contributed by atoms with E-state index in [0.29, 0.717) is 29.7 Å². The molecule has 1 aromatic carbocycles. The first kappa shape index (κ1) is 23.7. The topological polar surface area (TPSA) is 72.8 Å². The summed E-state index contributed by atoms with van der Waals surface area (Å²) in [6, 6.07) is 9.73. The van der Waals surface area contributed by atoms with Gasteiger partial charge in [0.05, 0.1) is 37.5 Å². The summed E-state index contributed by atoms with van der Waals surface area (Å²) in [5, 5.41) is 5.36. The number of methoxy groups -OCH3 is 2. The van der Waals surface area contributed by atoms with E-state index in [0.717, 1.165) is 35.0 Å². The Kier molecular flexibility index (Phi) is 6.25. The summed E-state index contributed by atoms with van der Waals surface area (Å²) in [7, 11) is 3.19. The second-order valence-corrected chi connectivity index (χ2v) is 10.9. The summed E-state index contributed by atoms with van der Waals surface area (Å²) in [5.74, 6) is 1.34. The van der Waals surface area contributed by atoms with Gasteiger partial charge in [0.1, 0.15) is 11.2 Å². The van der Waals surface area contributed by atoms with Crippen LogP contribution in [0.5, 0.6) is 11.5 Å². The fourth-order valence-corrected chi connectivity index (χ4v) is 6.45. The Labute approximate surface area is 210 Å². The molecule has 1 aliphatic heterocycles. The number of carbonyl (C=O) groups is 2. The second kappa shape index (κ2) is 9.22. The quantitative estimate of drug-likeness (QED) is 0.532. The first-order valence-corrected chi connectivity index (χ1v) is 13.1. The van der Waals surface area contributed by atoms with E-state index in [1.165, 1.54) is 6.42 Å². The number of hydrogen-bond acceptors (Lipinski definition) is 5. The van der Waals surface area contributed by atoms with Crippen LogP contribution < -0.4 is 14.8 Å². The molecule has 0 bridgehead atoms. The highest BCUT2D eigenvalue weighted by Crippen LogP contribution is 2.38. The zero-order valence-electron chi connectivity index (χ0n) is 20.8. The number of para-hydroxylation sites is 1. The van der Waals surface area contributed by atoms with Gasteiger partial charge >= 0.3 is 0 Å². The molecular weight excluding hydrogens is 462 g/mol. The zero-order valence-corrected chi connectivity index (χ0v) is 21.6. The Bertz CT molecular complexity index is 1260. The molecule has 3 aromatic rings. The van der Waals surface area contributed by atoms with Crippen molar-refractivity contribution in [1.82, 2.24) is 14.8 Å². The Morgan fingerprint density at radius 3 is 2.74 bits per heavy atom. The molecule has 7 nitrogen and oxygen atoms in total. The van der Waals surface area contributed by atoms with Gasteiger partial charge in [-0.3, -0.25) is 9.59 Å². The maximum absolute atomic E-state index is 14.0. The largest absolute Gasteiger partial charge is 0.493 e. The fourth-order valence-electron chi connectivity index (χ4n) is 5.62. The number of benzene rings is 1.